The summed E-state index contributed by atoms with van der Waals surface area (Å²) in [4.78, 5) is 11.8. The zero-order valence-corrected chi connectivity index (χ0v) is 13.7. The number of rotatable bonds is 5. The van der Waals surface area contributed by atoms with E-state index in [2.05, 4.69) is 49.4 Å². The third-order valence-corrected chi connectivity index (χ3v) is 4.87. The first-order valence-corrected chi connectivity index (χ1v) is 8.56. The molecule has 1 aliphatic rings. The second kappa shape index (κ2) is 7.10. The van der Waals surface area contributed by atoms with Crippen LogP contribution in [0.25, 0.3) is 11.1 Å². The van der Waals surface area contributed by atoms with Crippen LogP contribution in [0.1, 0.15) is 36.5 Å². The Morgan fingerprint density at radius 1 is 1.09 bits per heavy atom. The van der Waals surface area contributed by atoms with Crippen molar-refractivity contribution in [2.24, 2.45) is 5.92 Å². The van der Waals surface area contributed by atoms with E-state index in [9.17, 15) is 4.79 Å². The molecule has 2 aromatic rings. The van der Waals surface area contributed by atoms with Crippen LogP contribution in [0.5, 0.6) is 0 Å². The van der Waals surface area contributed by atoms with Gasteiger partial charge < -0.3 is 5.11 Å². The summed E-state index contributed by atoms with van der Waals surface area (Å²) >= 11 is 0. The average molecular weight is 308 g/mol. The second-order valence-corrected chi connectivity index (χ2v) is 6.49. The van der Waals surface area contributed by atoms with Crippen molar-refractivity contribution < 1.29 is 9.90 Å². The van der Waals surface area contributed by atoms with E-state index in [4.69, 9.17) is 5.11 Å². The number of benzene rings is 2. The molecule has 0 aromatic heterocycles. The van der Waals surface area contributed by atoms with Crippen molar-refractivity contribution in [2.45, 2.75) is 39.0 Å². The molecule has 2 nitrogen and oxygen atoms in total. The smallest absolute Gasteiger partial charge is 0.161 e. The van der Waals surface area contributed by atoms with Gasteiger partial charge in [-0.2, -0.15) is 0 Å². The third-order valence-electron chi connectivity index (χ3n) is 4.87. The van der Waals surface area contributed by atoms with Crippen molar-refractivity contribution in [1.82, 2.24) is 0 Å². The van der Waals surface area contributed by atoms with Gasteiger partial charge in [-0.25, -0.2) is 0 Å². The highest BCUT2D eigenvalue weighted by atomic mass is 16.3. The predicted octanol–water partition coefficient (Wildman–Crippen LogP) is 3.97. The number of ketones is 1. The fourth-order valence-electron chi connectivity index (χ4n) is 3.49. The molecule has 3 rings (SSSR count). The Balaban J connectivity index is 1.84. The molecule has 0 spiro atoms. The van der Waals surface area contributed by atoms with Crippen LogP contribution in [0.4, 0.5) is 0 Å². The van der Waals surface area contributed by atoms with Gasteiger partial charge in [0.25, 0.3) is 0 Å². The molecule has 0 radical (unpaired) electrons. The first-order chi connectivity index (χ1) is 11.2. The second-order valence-electron chi connectivity index (χ2n) is 6.49. The predicted molar refractivity (Wildman–Crippen MR) is 93.5 cm³/mol. The molecule has 0 saturated heterocycles. The summed E-state index contributed by atoms with van der Waals surface area (Å²) in [6.07, 6.45) is 4.84. The Kier molecular flexibility index (Phi) is 4.92. The van der Waals surface area contributed by atoms with E-state index in [1.165, 1.54) is 34.2 Å². The standard InChI is InChI=1S/C21H24O2/c1-2-3-15-4-6-16(7-5-15)18-10-8-17-9-11-19(21(23)14-22)13-20(17)12-18/h4-8,10,12,19,22H,2-3,9,11,13-14H2,1H3. The molecule has 1 unspecified atom stereocenters. The Morgan fingerprint density at radius 2 is 1.83 bits per heavy atom. The molecule has 0 fully saturated rings. The molecule has 1 atom stereocenters. The van der Waals surface area contributed by atoms with Gasteiger partial charge in [0, 0.05) is 5.92 Å². The summed E-state index contributed by atoms with van der Waals surface area (Å²) < 4.78 is 0. The molecule has 1 N–H and O–H groups in total. The molecule has 0 heterocycles. The largest absolute Gasteiger partial charge is 0.389 e. The summed E-state index contributed by atoms with van der Waals surface area (Å²) in [5, 5.41) is 9.09. The van der Waals surface area contributed by atoms with Crippen LogP contribution in [0.3, 0.4) is 0 Å². The Labute approximate surface area is 138 Å². The number of hydrogen-bond acceptors (Lipinski definition) is 2. The summed E-state index contributed by atoms with van der Waals surface area (Å²) in [7, 11) is 0. The maximum Gasteiger partial charge on any atom is 0.161 e. The molecule has 0 aliphatic heterocycles. The van der Waals surface area contributed by atoms with E-state index in [1.807, 2.05) is 0 Å². The first-order valence-electron chi connectivity index (χ1n) is 8.56. The first kappa shape index (κ1) is 15.9. The van der Waals surface area contributed by atoms with Crippen molar-refractivity contribution in [3.63, 3.8) is 0 Å². The van der Waals surface area contributed by atoms with Gasteiger partial charge >= 0.3 is 0 Å². The van der Waals surface area contributed by atoms with Gasteiger partial charge in [-0.1, -0.05) is 55.8 Å². The average Bonchev–Trinajstić information content (AvgIpc) is 2.61. The lowest BCUT2D eigenvalue weighted by molar-refractivity contribution is -0.125. The topological polar surface area (TPSA) is 37.3 Å². The van der Waals surface area contributed by atoms with Gasteiger partial charge in [0.1, 0.15) is 6.61 Å². The summed E-state index contributed by atoms with van der Waals surface area (Å²) in [5.74, 6) is -0.0420. The molecule has 120 valence electrons. The van der Waals surface area contributed by atoms with E-state index in [-0.39, 0.29) is 18.3 Å². The van der Waals surface area contributed by atoms with Crippen molar-refractivity contribution in [3.8, 4) is 11.1 Å². The minimum absolute atomic E-state index is 0.0188. The number of fused-ring (bicyclic) bond motifs is 1. The monoisotopic (exact) mass is 308 g/mol. The number of carbonyl (C=O) groups excluding carboxylic acids is 1. The van der Waals surface area contributed by atoms with Gasteiger partial charge in [0.05, 0.1) is 0 Å². The molecule has 2 heteroatoms. The van der Waals surface area contributed by atoms with Crippen LogP contribution in [0, 0.1) is 5.92 Å². The van der Waals surface area contributed by atoms with E-state index in [1.54, 1.807) is 0 Å². The lowest BCUT2D eigenvalue weighted by Crippen LogP contribution is -2.24. The zero-order chi connectivity index (χ0) is 16.2. The Bertz CT molecular complexity index is 685. The summed E-state index contributed by atoms with van der Waals surface area (Å²) in [5.41, 5.74) is 6.42. The van der Waals surface area contributed by atoms with Crippen LogP contribution < -0.4 is 0 Å². The van der Waals surface area contributed by atoms with Crippen LogP contribution >= 0.6 is 0 Å². The highest BCUT2D eigenvalue weighted by Gasteiger charge is 2.24. The van der Waals surface area contributed by atoms with E-state index >= 15 is 0 Å². The number of carbonyl (C=O) groups is 1. The Hall–Kier alpha value is -1.93. The maximum atomic E-state index is 11.8. The number of Topliss-reactive ketones (excluding diaryl/α,β-unsaturated/α-hetero) is 1. The minimum Gasteiger partial charge on any atom is -0.389 e. The lowest BCUT2D eigenvalue weighted by atomic mass is 9.81. The van der Waals surface area contributed by atoms with Gasteiger partial charge in [0.2, 0.25) is 0 Å². The van der Waals surface area contributed by atoms with Crippen molar-refractivity contribution >= 4 is 5.78 Å². The molecule has 0 amide bonds. The molecular weight excluding hydrogens is 284 g/mol. The van der Waals surface area contributed by atoms with Crippen molar-refractivity contribution in [2.75, 3.05) is 6.61 Å². The van der Waals surface area contributed by atoms with Gasteiger partial charge in [0.15, 0.2) is 5.78 Å². The van der Waals surface area contributed by atoms with E-state index < -0.39 is 0 Å². The van der Waals surface area contributed by atoms with Gasteiger partial charge in [-0.05, 0) is 53.5 Å². The zero-order valence-electron chi connectivity index (χ0n) is 13.7. The normalized spacial score (nSPS) is 16.9. The molecule has 2 aromatic carbocycles. The SMILES string of the molecule is CCCc1ccc(-c2ccc3c(c2)CC(C(=O)CO)CC3)cc1. The van der Waals surface area contributed by atoms with Gasteiger partial charge in [-0.3, -0.25) is 4.79 Å². The third kappa shape index (κ3) is 3.53. The highest BCUT2D eigenvalue weighted by molar-refractivity contribution is 5.82. The number of aliphatic hydroxyl groups is 1. The van der Waals surface area contributed by atoms with Crippen LogP contribution in [-0.2, 0) is 24.1 Å². The fourth-order valence-corrected chi connectivity index (χ4v) is 3.49. The van der Waals surface area contributed by atoms with Crippen molar-refractivity contribution in [3.05, 3.63) is 59.2 Å². The highest BCUT2D eigenvalue weighted by Crippen LogP contribution is 2.30. The number of hydrogen-bond donors (Lipinski definition) is 1. The van der Waals surface area contributed by atoms with E-state index in [0.717, 1.165) is 25.7 Å². The fraction of sp³-hybridized carbons (Fsp3) is 0.381. The molecule has 23 heavy (non-hydrogen) atoms. The molecule has 0 bridgehead atoms. The molecule has 1 aliphatic carbocycles. The summed E-state index contributed by atoms with van der Waals surface area (Å²) in [6, 6.07) is 15.4. The van der Waals surface area contributed by atoms with E-state index in [0.29, 0.717) is 0 Å². The Morgan fingerprint density at radius 3 is 2.52 bits per heavy atom. The van der Waals surface area contributed by atoms with Gasteiger partial charge in [-0.15, -0.1) is 0 Å². The molecule has 0 saturated carbocycles. The molecular formula is C21H24O2. The number of aliphatic hydroxyl groups excluding tert-OH is 1. The summed E-state index contributed by atoms with van der Waals surface area (Å²) in [6.45, 7) is 1.86. The quantitative estimate of drug-likeness (QED) is 0.907. The number of aryl methyl sites for hydroxylation is 2. The maximum absolute atomic E-state index is 11.8. The van der Waals surface area contributed by atoms with Crippen LogP contribution in [0.2, 0.25) is 0 Å². The van der Waals surface area contributed by atoms with Crippen molar-refractivity contribution in [1.29, 1.82) is 0 Å². The van der Waals surface area contributed by atoms with Crippen LogP contribution in [0.15, 0.2) is 42.5 Å². The lowest BCUT2D eigenvalue weighted by Gasteiger charge is -2.23. The minimum atomic E-state index is -0.335. The van der Waals surface area contributed by atoms with Crippen LogP contribution in [-0.4, -0.2) is 17.5 Å².